The lowest BCUT2D eigenvalue weighted by Crippen LogP contribution is -2.54. The molecule has 3 amide bonds. The number of nitro benzene ring substituents is 1. The molecule has 4 N–H and O–H groups in total. The van der Waals surface area contributed by atoms with Crippen LogP contribution >= 0.6 is 0 Å². The average molecular weight is 491 g/mol. The minimum absolute atomic E-state index is 0.0234. The highest BCUT2D eigenvalue weighted by molar-refractivity contribution is 5.91. The lowest BCUT2D eigenvalue weighted by Gasteiger charge is -2.22. The second-order valence-corrected chi connectivity index (χ2v) is 8.04. The fourth-order valence-corrected chi connectivity index (χ4v) is 3.45. The molecule has 0 aliphatic heterocycles. The summed E-state index contributed by atoms with van der Waals surface area (Å²) >= 11 is 0. The van der Waals surface area contributed by atoms with E-state index < -0.39 is 34.9 Å². The number of hydrogen-bond acceptors (Lipinski definition) is 6. The number of nitrogens with one attached hydrogen (secondary N) is 2. The smallest absolute Gasteiger partial charge is 0.408 e. The Morgan fingerprint density at radius 1 is 0.778 bits per heavy atom. The first kappa shape index (κ1) is 25.9. The van der Waals surface area contributed by atoms with Gasteiger partial charge in [-0.15, -0.1) is 0 Å². The fraction of sp³-hybridized carbons (Fsp3) is 0.192. The van der Waals surface area contributed by atoms with E-state index in [1.165, 1.54) is 24.3 Å². The molecule has 10 nitrogen and oxygen atoms in total. The van der Waals surface area contributed by atoms with Crippen molar-refractivity contribution < 1.29 is 24.0 Å². The Balaban J connectivity index is 1.69. The van der Waals surface area contributed by atoms with Crippen molar-refractivity contribution in [1.82, 2.24) is 10.6 Å². The summed E-state index contributed by atoms with van der Waals surface area (Å²) < 4.78 is 5.25. The molecule has 3 rings (SSSR count). The predicted octanol–water partition coefficient (Wildman–Crippen LogP) is 2.65. The molecule has 0 heterocycles. The summed E-state index contributed by atoms with van der Waals surface area (Å²) in [6.07, 6.45) is -0.618. The van der Waals surface area contributed by atoms with Gasteiger partial charge in [-0.25, -0.2) is 4.79 Å². The number of nitro groups is 1. The lowest BCUT2D eigenvalue weighted by molar-refractivity contribution is -0.384. The van der Waals surface area contributed by atoms with Crippen molar-refractivity contribution in [2.45, 2.75) is 31.5 Å². The summed E-state index contributed by atoms with van der Waals surface area (Å²) in [6, 6.07) is 21.6. The Labute approximate surface area is 207 Å². The van der Waals surface area contributed by atoms with Crippen LogP contribution in [-0.4, -0.2) is 34.9 Å². The number of benzene rings is 3. The summed E-state index contributed by atoms with van der Waals surface area (Å²) in [4.78, 5) is 48.0. The van der Waals surface area contributed by atoms with Gasteiger partial charge in [0.15, 0.2) is 0 Å². The van der Waals surface area contributed by atoms with Gasteiger partial charge in [0.2, 0.25) is 11.8 Å². The van der Waals surface area contributed by atoms with E-state index in [9.17, 15) is 24.5 Å². The molecule has 3 aromatic carbocycles. The number of rotatable bonds is 11. The predicted molar refractivity (Wildman–Crippen MR) is 132 cm³/mol. The van der Waals surface area contributed by atoms with Crippen molar-refractivity contribution in [2.75, 3.05) is 0 Å². The summed E-state index contributed by atoms with van der Waals surface area (Å²) in [6.45, 7) is 0.0242. The molecule has 0 bridgehead atoms. The quantitative estimate of drug-likeness (QED) is 0.277. The van der Waals surface area contributed by atoms with Gasteiger partial charge >= 0.3 is 6.09 Å². The lowest BCUT2D eigenvalue weighted by atomic mass is 10.0. The van der Waals surface area contributed by atoms with Crippen LogP contribution in [0.1, 0.15) is 16.7 Å². The Morgan fingerprint density at radius 3 is 1.86 bits per heavy atom. The van der Waals surface area contributed by atoms with Gasteiger partial charge in [-0.3, -0.25) is 19.7 Å². The SMILES string of the molecule is NC(=O)[C@H](Cc1ccc([N+](=O)[O-])cc1)NC(=O)[C@H](Cc1ccccc1)NC(=O)OCc1ccccc1. The Morgan fingerprint density at radius 2 is 1.31 bits per heavy atom. The molecular formula is C26H26N4O6. The third kappa shape index (κ3) is 7.94. The zero-order valence-corrected chi connectivity index (χ0v) is 19.3. The van der Waals surface area contributed by atoms with E-state index in [4.69, 9.17) is 10.5 Å². The van der Waals surface area contributed by atoms with E-state index in [0.717, 1.165) is 11.1 Å². The van der Waals surface area contributed by atoms with Crippen LogP contribution in [0.2, 0.25) is 0 Å². The van der Waals surface area contributed by atoms with Gasteiger partial charge in [0.1, 0.15) is 18.7 Å². The van der Waals surface area contributed by atoms with Crippen molar-refractivity contribution >= 4 is 23.6 Å². The van der Waals surface area contributed by atoms with Crippen molar-refractivity contribution in [3.8, 4) is 0 Å². The maximum atomic E-state index is 13.1. The number of nitrogens with two attached hydrogens (primary N) is 1. The summed E-state index contributed by atoms with van der Waals surface area (Å²) in [5.41, 5.74) is 7.54. The highest BCUT2D eigenvalue weighted by Gasteiger charge is 2.27. The second kappa shape index (κ2) is 12.7. The first-order valence-corrected chi connectivity index (χ1v) is 11.2. The number of alkyl carbamates (subject to hydrolysis) is 1. The number of non-ortho nitro benzene ring substituents is 1. The van der Waals surface area contributed by atoms with Crippen LogP contribution in [0.25, 0.3) is 0 Å². The van der Waals surface area contributed by atoms with Crippen molar-refractivity contribution in [2.24, 2.45) is 5.73 Å². The standard InChI is InChI=1S/C26H26N4O6/c27-24(31)22(15-19-11-13-21(14-12-19)30(34)35)28-25(32)23(16-18-7-3-1-4-8-18)29-26(33)36-17-20-9-5-2-6-10-20/h1-14,22-23H,15-17H2,(H2,27,31)(H,28,32)(H,29,33)/t22-,23-/m0/s1. The zero-order chi connectivity index (χ0) is 25.9. The summed E-state index contributed by atoms with van der Waals surface area (Å²) in [7, 11) is 0. The number of amides is 3. The molecule has 3 aromatic rings. The van der Waals surface area contributed by atoms with E-state index in [1.807, 2.05) is 24.3 Å². The van der Waals surface area contributed by atoms with E-state index >= 15 is 0 Å². The first-order chi connectivity index (χ1) is 17.3. The molecular weight excluding hydrogens is 464 g/mol. The van der Waals surface area contributed by atoms with Gasteiger partial charge in [-0.1, -0.05) is 72.8 Å². The highest BCUT2D eigenvalue weighted by atomic mass is 16.6. The Hall–Kier alpha value is -4.73. The molecule has 0 aromatic heterocycles. The van der Waals surface area contributed by atoms with Crippen LogP contribution in [0.15, 0.2) is 84.9 Å². The highest BCUT2D eigenvalue weighted by Crippen LogP contribution is 2.14. The van der Waals surface area contributed by atoms with Crippen molar-refractivity contribution in [1.29, 1.82) is 0 Å². The normalized spacial score (nSPS) is 12.1. The van der Waals surface area contributed by atoms with Gasteiger partial charge < -0.3 is 21.1 Å². The van der Waals surface area contributed by atoms with Crippen LogP contribution in [-0.2, 0) is 33.8 Å². The minimum atomic E-state index is -1.10. The maximum absolute atomic E-state index is 13.1. The molecule has 0 radical (unpaired) electrons. The monoisotopic (exact) mass is 490 g/mol. The van der Waals surface area contributed by atoms with Crippen LogP contribution in [0.3, 0.4) is 0 Å². The fourth-order valence-electron chi connectivity index (χ4n) is 3.45. The molecule has 10 heteroatoms. The molecule has 0 saturated heterocycles. The first-order valence-electron chi connectivity index (χ1n) is 11.2. The van der Waals surface area contributed by atoms with Crippen LogP contribution in [0, 0.1) is 10.1 Å². The van der Waals surface area contributed by atoms with Crippen LogP contribution in [0.4, 0.5) is 10.5 Å². The number of carbonyl (C=O) groups is 3. The van der Waals surface area contributed by atoms with E-state index in [2.05, 4.69) is 10.6 Å². The maximum Gasteiger partial charge on any atom is 0.408 e. The van der Waals surface area contributed by atoms with Gasteiger partial charge in [0.25, 0.3) is 5.69 Å². The summed E-state index contributed by atoms with van der Waals surface area (Å²) in [5.74, 6) is -1.41. The van der Waals surface area contributed by atoms with Crippen LogP contribution < -0.4 is 16.4 Å². The minimum Gasteiger partial charge on any atom is -0.445 e. The average Bonchev–Trinajstić information content (AvgIpc) is 2.88. The Kier molecular flexibility index (Phi) is 9.10. The molecule has 2 atom stereocenters. The molecule has 36 heavy (non-hydrogen) atoms. The number of carbonyl (C=O) groups excluding carboxylic acids is 3. The molecule has 0 saturated carbocycles. The number of ether oxygens (including phenoxy) is 1. The van der Waals surface area contributed by atoms with Gasteiger partial charge in [-0.05, 0) is 16.7 Å². The topological polar surface area (TPSA) is 154 Å². The van der Waals surface area contributed by atoms with Gasteiger partial charge in [0, 0.05) is 25.0 Å². The number of hydrogen-bond donors (Lipinski definition) is 3. The number of primary amides is 1. The molecule has 0 spiro atoms. The van der Waals surface area contributed by atoms with Crippen molar-refractivity contribution in [3.05, 3.63) is 112 Å². The summed E-state index contributed by atoms with van der Waals surface area (Å²) in [5, 5.41) is 16.0. The van der Waals surface area contributed by atoms with Gasteiger partial charge in [-0.2, -0.15) is 0 Å². The van der Waals surface area contributed by atoms with Gasteiger partial charge in [0.05, 0.1) is 4.92 Å². The van der Waals surface area contributed by atoms with E-state index in [1.54, 1.807) is 36.4 Å². The largest absolute Gasteiger partial charge is 0.445 e. The number of nitrogens with zero attached hydrogens (tertiary/aromatic N) is 1. The molecule has 0 fully saturated rings. The van der Waals surface area contributed by atoms with Crippen molar-refractivity contribution in [3.63, 3.8) is 0 Å². The third-order valence-corrected chi connectivity index (χ3v) is 5.35. The van der Waals surface area contributed by atoms with E-state index in [0.29, 0.717) is 5.56 Å². The second-order valence-electron chi connectivity index (χ2n) is 8.04. The molecule has 0 aliphatic carbocycles. The van der Waals surface area contributed by atoms with E-state index in [-0.39, 0.29) is 25.1 Å². The van der Waals surface area contributed by atoms with Crippen LogP contribution in [0.5, 0.6) is 0 Å². The molecule has 0 unspecified atom stereocenters. The third-order valence-electron chi connectivity index (χ3n) is 5.35. The zero-order valence-electron chi connectivity index (χ0n) is 19.3. The molecule has 0 aliphatic rings. The molecule has 186 valence electrons. The Bertz CT molecular complexity index is 1190.